The molecule has 24 heavy (non-hydrogen) atoms. The largest absolute Gasteiger partial charge is 0.396 e. The van der Waals surface area contributed by atoms with Crippen LogP contribution >= 0.6 is 0 Å². The second-order valence-electron chi connectivity index (χ2n) is 7.23. The SMILES string of the molecule is CC(CO)CCCCCCCCCC/C=C\CCCCCC(N)=O. The Balaban J connectivity index is 3.11. The first-order valence-electron chi connectivity index (χ1n) is 10.2. The minimum atomic E-state index is -0.179. The number of aliphatic hydroxyl groups is 1. The molecule has 0 saturated carbocycles. The molecular formula is C21H41NO2. The number of unbranched alkanes of at least 4 members (excludes halogenated alkanes) is 11. The van der Waals surface area contributed by atoms with Crippen LogP contribution in [0, 0.1) is 5.92 Å². The number of carbonyl (C=O) groups is 1. The highest BCUT2D eigenvalue weighted by atomic mass is 16.3. The Hall–Kier alpha value is -0.830. The highest BCUT2D eigenvalue weighted by molar-refractivity contribution is 5.73. The van der Waals surface area contributed by atoms with Crippen molar-refractivity contribution in [3.8, 4) is 0 Å². The van der Waals surface area contributed by atoms with Crippen LogP contribution in [-0.4, -0.2) is 17.6 Å². The van der Waals surface area contributed by atoms with Crippen LogP contribution < -0.4 is 5.73 Å². The molecule has 0 heterocycles. The van der Waals surface area contributed by atoms with E-state index in [1.54, 1.807) is 0 Å². The molecule has 0 spiro atoms. The summed E-state index contributed by atoms with van der Waals surface area (Å²) in [7, 11) is 0. The number of hydrogen-bond acceptors (Lipinski definition) is 2. The molecule has 0 fully saturated rings. The fourth-order valence-corrected chi connectivity index (χ4v) is 2.88. The standard InChI is InChI=1S/C21H41NO2/c1-20(19-23)17-15-13-11-9-7-5-3-2-4-6-8-10-12-14-16-18-21(22)24/h6,8,20,23H,2-5,7,9-19H2,1H3,(H2,22,24)/b8-6-. The molecule has 0 bridgehead atoms. The minimum absolute atomic E-state index is 0.179. The Morgan fingerprint density at radius 1 is 0.833 bits per heavy atom. The monoisotopic (exact) mass is 339 g/mol. The number of allylic oxidation sites excluding steroid dienone is 2. The fraction of sp³-hybridized carbons (Fsp3) is 0.857. The molecule has 1 atom stereocenters. The van der Waals surface area contributed by atoms with Gasteiger partial charge >= 0.3 is 0 Å². The Morgan fingerprint density at radius 2 is 1.29 bits per heavy atom. The van der Waals surface area contributed by atoms with Crippen molar-refractivity contribution in [1.29, 1.82) is 0 Å². The molecule has 3 N–H and O–H groups in total. The molecular weight excluding hydrogens is 298 g/mol. The number of carbonyl (C=O) groups excluding carboxylic acids is 1. The van der Waals surface area contributed by atoms with E-state index in [4.69, 9.17) is 10.8 Å². The van der Waals surface area contributed by atoms with E-state index in [9.17, 15) is 4.79 Å². The number of nitrogens with two attached hydrogens (primary N) is 1. The van der Waals surface area contributed by atoms with Crippen molar-refractivity contribution in [3.63, 3.8) is 0 Å². The van der Waals surface area contributed by atoms with E-state index in [1.807, 2.05) is 0 Å². The summed E-state index contributed by atoms with van der Waals surface area (Å²) in [4.78, 5) is 10.6. The van der Waals surface area contributed by atoms with Crippen LogP contribution in [0.15, 0.2) is 12.2 Å². The summed E-state index contributed by atoms with van der Waals surface area (Å²) in [5.74, 6) is 0.301. The first-order chi connectivity index (χ1) is 11.7. The topological polar surface area (TPSA) is 63.3 Å². The lowest BCUT2D eigenvalue weighted by Gasteiger charge is -2.06. The summed E-state index contributed by atoms with van der Waals surface area (Å²) < 4.78 is 0. The van der Waals surface area contributed by atoms with Gasteiger partial charge < -0.3 is 10.8 Å². The van der Waals surface area contributed by atoms with Gasteiger partial charge in [0.2, 0.25) is 5.91 Å². The number of hydrogen-bond donors (Lipinski definition) is 2. The quantitative estimate of drug-likeness (QED) is 0.255. The molecule has 0 aliphatic carbocycles. The number of aliphatic hydroxyl groups excluding tert-OH is 1. The molecule has 0 radical (unpaired) electrons. The first-order valence-corrected chi connectivity index (χ1v) is 10.2. The van der Waals surface area contributed by atoms with Gasteiger partial charge in [0, 0.05) is 13.0 Å². The Kier molecular flexibility index (Phi) is 17.9. The minimum Gasteiger partial charge on any atom is -0.396 e. The Morgan fingerprint density at radius 3 is 1.79 bits per heavy atom. The molecule has 1 unspecified atom stereocenters. The van der Waals surface area contributed by atoms with E-state index < -0.39 is 0 Å². The third-order valence-corrected chi connectivity index (χ3v) is 4.59. The molecule has 0 aliphatic heterocycles. The molecule has 3 heteroatoms. The predicted octanol–water partition coefficient (Wildman–Crippen LogP) is 5.51. The van der Waals surface area contributed by atoms with E-state index >= 15 is 0 Å². The van der Waals surface area contributed by atoms with E-state index in [1.165, 1.54) is 70.6 Å². The van der Waals surface area contributed by atoms with Crippen LogP contribution in [0.4, 0.5) is 0 Å². The molecule has 0 aliphatic rings. The average Bonchev–Trinajstić information content (AvgIpc) is 2.57. The van der Waals surface area contributed by atoms with Crippen LogP contribution in [0.1, 0.15) is 103 Å². The molecule has 0 aromatic carbocycles. The number of rotatable bonds is 18. The van der Waals surface area contributed by atoms with Gasteiger partial charge in [0.25, 0.3) is 0 Å². The zero-order valence-electron chi connectivity index (χ0n) is 16.0. The average molecular weight is 340 g/mol. The Bertz CT molecular complexity index is 302. The second-order valence-corrected chi connectivity index (χ2v) is 7.23. The summed E-state index contributed by atoms with van der Waals surface area (Å²) in [6.07, 6.45) is 22.6. The zero-order chi connectivity index (χ0) is 17.9. The molecule has 3 nitrogen and oxygen atoms in total. The van der Waals surface area contributed by atoms with Gasteiger partial charge in [-0.05, 0) is 44.4 Å². The third-order valence-electron chi connectivity index (χ3n) is 4.59. The van der Waals surface area contributed by atoms with E-state index in [2.05, 4.69) is 19.1 Å². The van der Waals surface area contributed by atoms with Crippen molar-refractivity contribution >= 4 is 5.91 Å². The van der Waals surface area contributed by atoms with E-state index in [-0.39, 0.29) is 5.91 Å². The fourth-order valence-electron chi connectivity index (χ4n) is 2.88. The van der Waals surface area contributed by atoms with Gasteiger partial charge in [-0.25, -0.2) is 0 Å². The van der Waals surface area contributed by atoms with E-state index in [0.717, 1.165) is 19.3 Å². The van der Waals surface area contributed by atoms with Crippen LogP contribution in [0.5, 0.6) is 0 Å². The van der Waals surface area contributed by atoms with E-state index in [0.29, 0.717) is 18.9 Å². The van der Waals surface area contributed by atoms with Gasteiger partial charge in [0.1, 0.15) is 0 Å². The molecule has 0 aromatic rings. The second kappa shape index (κ2) is 18.5. The summed E-state index contributed by atoms with van der Waals surface area (Å²) >= 11 is 0. The number of primary amides is 1. The lowest BCUT2D eigenvalue weighted by atomic mass is 10.0. The van der Waals surface area contributed by atoms with Crippen molar-refractivity contribution in [2.75, 3.05) is 6.61 Å². The van der Waals surface area contributed by atoms with Gasteiger partial charge in [-0.1, -0.05) is 70.4 Å². The van der Waals surface area contributed by atoms with Crippen LogP contribution in [0.25, 0.3) is 0 Å². The van der Waals surface area contributed by atoms with Crippen LogP contribution in [0.2, 0.25) is 0 Å². The van der Waals surface area contributed by atoms with Gasteiger partial charge in [-0.2, -0.15) is 0 Å². The summed E-state index contributed by atoms with van der Waals surface area (Å²) in [6.45, 7) is 2.46. The lowest BCUT2D eigenvalue weighted by molar-refractivity contribution is -0.118. The summed E-state index contributed by atoms with van der Waals surface area (Å²) in [6, 6.07) is 0. The maximum absolute atomic E-state index is 10.6. The maximum atomic E-state index is 10.6. The van der Waals surface area contributed by atoms with Crippen LogP contribution in [0.3, 0.4) is 0 Å². The van der Waals surface area contributed by atoms with Crippen molar-refractivity contribution in [2.24, 2.45) is 11.7 Å². The smallest absolute Gasteiger partial charge is 0.217 e. The summed E-state index contributed by atoms with van der Waals surface area (Å²) in [5.41, 5.74) is 5.11. The normalized spacial score (nSPS) is 12.8. The van der Waals surface area contributed by atoms with Crippen LogP contribution in [-0.2, 0) is 4.79 Å². The van der Waals surface area contributed by atoms with Crippen molar-refractivity contribution in [2.45, 2.75) is 103 Å². The van der Waals surface area contributed by atoms with Gasteiger partial charge in [-0.15, -0.1) is 0 Å². The first kappa shape index (κ1) is 23.2. The predicted molar refractivity (Wildman–Crippen MR) is 104 cm³/mol. The number of amides is 1. The molecule has 0 rings (SSSR count). The molecule has 1 amide bonds. The van der Waals surface area contributed by atoms with Gasteiger partial charge in [-0.3, -0.25) is 4.79 Å². The zero-order valence-corrected chi connectivity index (χ0v) is 16.0. The highest BCUT2D eigenvalue weighted by Crippen LogP contribution is 2.13. The van der Waals surface area contributed by atoms with Crippen molar-refractivity contribution < 1.29 is 9.90 Å². The van der Waals surface area contributed by atoms with Gasteiger partial charge in [0.15, 0.2) is 0 Å². The molecule has 0 saturated heterocycles. The maximum Gasteiger partial charge on any atom is 0.217 e. The van der Waals surface area contributed by atoms with Crippen molar-refractivity contribution in [1.82, 2.24) is 0 Å². The highest BCUT2D eigenvalue weighted by Gasteiger charge is 1.99. The van der Waals surface area contributed by atoms with Gasteiger partial charge in [0.05, 0.1) is 0 Å². The Labute approximate surface area is 150 Å². The molecule has 142 valence electrons. The molecule has 0 aromatic heterocycles. The summed E-state index contributed by atoms with van der Waals surface area (Å²) in [5, 5.41) is 8.96. The third kappa shape index (κ3) is 19.2. The van der Waals surface area contributed by atoms with Crippen molar-refractivity contribution in [3.05, 3.63) is 12.2 Å². The lowest BCUT2D eigenvalue weighted by Crippen LogP contribution is -2.09.